The number of nitrogens with one attached hydrogen (secondary N) is 2. The average molecular weight is 337 g/mol. The van der Waals surface area contributed by atoms with Crippen LogP contribution in [-0.4, -0.2) is 10.9 Å². The molecule has 0 aliphatic carbocycles. The quantitative estimate of drug-likeness (QED) is 0.764. The molecule has 0 saturated carbocycles. The van der Waals surface area contributed by atoms with Crippen molar-refractivity contribution in [2.75, 3.05) is 5.32 Å². The molecule has 24 heavy (non-hydrogen) atoms. The molecule has 1 aliphatic heterocycles. The summed E-state index contributed by atoms with van der Waals surface area (Å²) in [6, 6.07) is 17.1. The number of aromatic nitrogens is 1. The summed E-state index contributed by atoms with van der Waals surface area (Å²) >= 11 is 1.52. The predicted molar refractivity (Wildman–Crippen MR) is 93.2 cm³/mol. The molecule has 3 aromatic rings. The molecule has 0 fully saturated rings. The first-order valence-electron chi connectivity index (χ1n) is 7.58. The topological polar surface area (TPSA) is 63.2 Å². The van der Waals surface area contributed by atoms with Gasteiger partial charge in [0.05, 0.1) is 11.3 Å². The van der Waals surface area contributed by atoms with Crippen LogP contribution < -0.4 is 15.4 Å². The van der Waals surface area contributed by atoms with E-state index in [0.29, 0.717) is 12.2 Å². The van der Waals surface area contributed by atoms with Crippen molar-refractivity contribution in [3.63, 3.8) is 0 Å². The number of fused-ring (bicyclic) bond motifs is 1. The number of carbonyl (C=O) groups is 1. The van der Waals surface area contributed by atoms with Crippen LogP contribution in [0.4, 0.5) is 5.69 Å². The number of benzene rings is 2. The van der Waals surface area contributed by atoms with E-state index in [1.54, 1.807) is 6.07 Å². The van der Waals surface area contributed by atoms with Crippen molar-refractivity contribution in [3.8, 4) is 5.75 Å². The number of amides is 1. The van der Waals surface area contributed by atoms with Gasteiger partial charge in [-0.1, -0.05) is 30.3 Å². The lowest BCUT2D eigenvalue weighted by molar-refractivity contribution is 0.0935. The molecule has 0 radical (unpaired) electrons. The first-order valence-corrected chi connectivity index (χ1v) is 8.46. The average Bonchev–Trinajstić information content (AvgIpc) is 3.10. The third-order valence-electron chi connectivity index (χ3n) is 3.72. The highest BCUT2D eigenvalue weighted by molar-refractivity contribution is 7.09. The molecule has 2 heterocycles. The molecule has 1 amide bonds. The second kappa shape index (κ2) is 6.33. The van der Waals surface area contributed by atoms with Gasteiger partial charge in [0, 0.05) is 11.1 Å². The number of nitrogens with zero attached hydrogens (tertiary/aromatic N) is 1. The van der Waals surface area contributed by atoms with E-state index in [1.165, 1.54) is 11.3 Å². The molecule has 4 rings (SSSR count). The molecule has 2 aromatic carbocycles. The molecule has 1 atom stereocenters. The minimum atomic E-state index is -0.325. The fourth-order valence-electron chi connectivity index (χ4n) is 2.54. The zero-order chi connectivity index (χ0) is 16.4. The summed E-state index contributed by atoms with van der Waals surface area (Å²) in [5, 5.41) is 9.04. The summed E-state index contributed by atoms with van der Waals surface area (Å²) in [7, 11) is 0. The monoisotopic (exact) mass is 337 g/mol. The summed E-state index contributed by atoms with van der Waals surface area (Å²) in [5.74, 6) is 0.719. The smallest absolute Gasteiger partial charge is 0.255 e. The maximum atomic E-state index is 12.2. The van der Waals surface area contributed by atoms with E-state index in [0.717, 1.165) is 22.1 Å². The van der Waals surface area contributed by atoms with Crippen molar-refractivity contribution >= 4 is 22.9 Å². The molecule has 0 unspecified atom stereocenters. The molecule has 0 spiro atoms. The largest absolute Gasteiger partial charge is 0.486 e. The number of hydrogen-bond donors (Lipinski definition) is 2. The highest BCUT2D eigenvalue weighted by Gasteiger charge is 2.25. The van der Waals surface area contributed by atoms with Crippen molar-refractivity contribution in [2.24, 2.45) is 0 Å². The summed E-state index contributed by atoms with van der Waals surface area (Å²) in [4.78, 5) is 16.8. The van der Waals surface area contributed by atoms with Crippen molar-refractivity contribution < 1.29 is 9.53 Å². The molecule has 0 bridgehead atoms. The Hall–Kier alpha value is -2.86. The van der Waals surface area contributed by atoms with Crippen LogP contribution in [0.5, 0.6) is 5.75 Å². The predicted octanol–water partition coefficient (Wildman–Crippen LogP) is 3.58. The zero-order valence-corrected chi connectivity index (χ0v) is 13.5. The molecular weight excluding hydrogens is 322 g/mol. The van der Waals surface area contributed by atoms with Crippen LogP contribution >= 0.6 is 11.3 Å². The summed E-state index contributed by atoms with van der Waals surface area (Å²) in [6.07, 6.45) is -0.325. The second-order valence-electron chi connectivity index (χ2n) is 5.36. The number of ether oxygens (including phenoxy) is 1. The standard InChI is InChI=1S/C18H15N3O2S/c22-18-13-8-4-5-9-14(13)20-17(21-18)15-11-24-16(19-15)10-23-12-6-2-1-3-7-12/h1-9,11,17,20H,10H2,(H,21,22)/t17-/m0/s1. The third-order valence-corrected chi connectivity index (χ3v) is 4.56. The number of thiazole rings is 1. The lowest BCUT2D eigenvalue weighted by atomic mass is 10.1. The third kappa shape index (κ3) is 2.96. The van der Waals surface area contributed by atoms with E-state index in [9.17, 15) is 4.79 Å². The van der Waals surface area contributed by atoms with Gasteiger partial charge in [0.1, 0.15) is 23.5 Å². The zero-order valence-electron chi connectivity index (χ0n) is 12.7. The van der Waals surface area contributed by atoms with Crippen LogP contribution in [0.25, 0.3) is 0 Å². The molecule has 5 nitrogen and oxygen atoms in total. The molecule has 6 heteroatoms. The van der Waals surface area contributed by atoms with Gasteiger partial charge < -0.3 is 15.4 Å². The van der Waals surface area contributed by atoms with E-state index >= 15 is 0 Å². The van der Waals surface area contributed by atoms with Crippen molar-refractivity contribution in [3.05, 3.63) is 76.2 Å². The van der Waals surface area contributed by atoms with Gasteiger partial charge in [0.25, 0.3) is 5.91 Å². The van der Waals surface area contributed by atoms with Gasteiger partial charge in [0.2, 0.25) is 0 Å². The second-order valence-corrected chi connectivity index (χ2v) is 6.31. The van der Waals surface area contributed by atoms with Gasteiger partial charge in [-0.25, -0.2) is 4.98 Å². The van der Waals surface area contributed by atoms with E-state index in [-0.39, 0.29) is 12.1 Å². The Morgan fingerprint density at radius 3 is 2.71 bits per heavy atom. The maximum absolute atomic E-state index is 12.2. The lowest BCUT2D eigenvalue weighted by Gasteiger charge is -2.26. The number of carbonyl (C=O) groups excluding carboxylic acids is 1. The molecule has 0 saturated heterocycles. The van der Waals surface area contributed by atoms with E-state index in [4.69, 9.17) is 4.74 Å². The van der Waals surface area contributed by atoms with Crippen LogP contribution in [0.1, 0.15) is 27.2 Å². The van der Waals surface area contributed by atoms with Gasteiger partial charge in [0.15, 0.2) is 0 Å². The van der Waals surface area contributed by atoms with Crippen LogP contribution in [0.2, 0.25) is 0 Å². The van der Waals surface area contributed by atoms with Crippen LogP contribution in [-0.2, 0) is 6.61 Å². The number of rotatable bonds is 4. The highest BCUT2D eigenvalue weighted by Crippen LogP contribution is 2.27. The molecule has 1 aliphatic rings. The van der Waals surface area contributed by atoms with Gasteiger partial charge in [-0.2, -0.15) is 0 Å². The van der Waals surface area contributed by atoms with E-state index in [1.807, 2.05) is 53.9 Å². The molecule has 1 aromatic heterocycles. The number of hydrogen-bond acceptors (Lipinski definition) is 5. The van der Waals surface area contributed by atoms with Gasteiger partial charge in [-0.3, -0.25) is 4.79 Å². The Morgan fingerprint density at radius 2 is 1.83 bits per heavy atom. The normalized spacial score (nSPS) is 16.0. The van der Waals surface area contributed by atoms with Crippen molar-refractivity contribution in [2.45, 2.75) is 12.8 Å². The van der Waals surface area contributed by atoms with Gasteiger partial charge >= 0.3 is 0 Å². The van der Waals surface area contributed by atoms with Gasteiger partial charge in [-0.15, -0.1) is 11.3 Å². The Labute approximate surface area is 143 Å². The van der Waals surface area contributed by atoms with E-state index < -0.39 is 0 Å². The maximum Gasteiger partial charge on any atom is 0.255 e. The molecular formula is C18H15N3O2S. The van der Waals surface area contributed by atoms with Gasteiger partial charge in [-0.05, 0) is 24.3 Å². The number of para-hydroxylation sites is 2. The summed E-state index contributed by atoms with van der Waals surface area (Å²) in [5.41, 5.74) is 2.26. The Morgan fingerprint density at radius 1 is 1.04 bits per heavy atom. The minimum absolute atomic E-state index is 0.0931. The number of anilines is 1. The summed E-state index contributed by atoms with van der Waals surface area (Å²) < 4.78 is 5.71. The van der Waals surface area contributed by atoms with Crippen LogP contribution in [0.3, 0.4) is 0 Å². The minimum Gasteiger partial charge on any atom is -0.486 e. The van der Waals surface area contributed by atoms with E-state index in [2.05, 4.69) is 15.6 Å². The molecule has 2 N–H and O–H groups in total. The first-order chi connectivity index (χ1) is 11.8. The summed E-state index contributed by atoms with van der Waals surface area (Å²) in [6.45, 7) is 0.409. The Balaban J connectivity index is 1.46. The molecule has 120 valence electrons. The fourth-order valence-corrected chi connectivity index (χ4v) is 3.27. The van der Waals surface area contributed by atoms with Crippen LogP contribution in [0, 0.1) is 0 Å². The first kappa shape index (κ1) is 14.7. The van der Waals surface area contributed by atoms with Crippen molar-refractivity contribution in [1.82, 2.24) is 10.3 Å². The Kier molecular flexibility index (Phi) is 3.88. The van der Waals surface area contributed by atoms with Crippen LogP contribution in [0.15, 0.2) is 60.0 Å². The van der Waals surface area contributed by atoms with Crippen molar-refractivity contribution in [1.29, 1.82) is 0 Å². The highest BCUT2D eigenvalue weighted by atomic mass is 32.1. The fraction of sp³-hybridized carbons (Fsp3) is 0.111. The lowest BCUT2D eigenvalue weighted by Crippen LogP contribution is -2.38. The Bertz CT molecular complexity index is 863. The SMILES string of the molecule is O=C1N[C@@H](c2csc(COc3ccccc3)n2)Nc2ccccc21.